The number of carbonyl (C=O) groups excluding carboxylic acids is 2. The van der Waals surface area contributed by atoms with Gasteiger partial charge in [-0.15, -0.1) is 6.58 Å². The van der Waals surface area contributed by atoms with E-state index in [0.717, 1.165) is 12.8 Å². The van der Waals surface area contributed by atoms with Gasteiger partial charge in [0.25, 0.3) is 0 Å². The lowest BCUT2D eigenvalue weighted by atomic mass is 9.80. The van der Waals surface area contributed by atoms with Gasteiger partial charge in [-0.25, -0.2) is 9.59 Å². The summed E-state index contributed by atoms with van der Waals surface area (Å²) in [5.74, 6) is 0.336. The van der Waals surface area contributed by atoms with Crippen LogP contribution in [0.15, 0.2) is 110 Å². The molecule has 0 radical (unpaired) electrons. The third-order valence-corrected chi connectivity index (χ3v) is 9.25. The molecule has 254 valence electrons. The van der Waals surface area contributed by atoms with Crippen molar-refractivity contribution in [1.82, 2.24) is 10.6 Å². The Morgan fingerprint density at radius 1 is 0.729 bits per heavy atom. The number of ether oxygens (including phenoxy) is 2. The van der Waals surface area contributed by atoms with E-state index in [1.807, 2.05) is 55.5 Å². The molecule has 0 fully saturated rings. The number of rotatable bonds is 11. The third kappa shape index (κ3) is 8.17. The van der Waals surface area contributed by atoms with Gasteiger partial charge in [0.05, 0.1) is 0 Å². The van der Waals surface area contributed by atoms with E-state index in [-0.39, 0.29) is 26.0 Å². The lowest BCUT2D eigenvalue weighted by Gasteiger charge is -2.28. The van der Waals surface area contributed by atoms with E-state index in [2.05, 4.69) is 86.5 Å². The zero-order chi connectivity index (χ0) is 34.1. The number of hydrogen-bond acceptors (Lipinski definition) is 4. The molecule has 6 rings (SSSR count). The van der Waals surface area contributed by atoms with Gasteiger partial charge in [-0.2, -0.15) is 0 Å². The third-order valence-electron chi connectivity index (χ3n) is 9.25. The maximum Gasteiger partial charge on any atom is 0.407 e. The first-order valence-corrected chi connectivity index (χ1v) is 17.0. The zero-order valence-corrected chi connectivity index (χ0v) is 28.6. The fourth-order valence-corrected chi connectivity index (χ4v) is 7.18. The molecule has 48 heavy (non-hydrogen) atoms. The fraction of sp³-hybridized carbons (Fsp3) is 0.333. The summed E-state index contributed by atoms with van der Waals surface area (Å²) in [6, 6.07) is 33.3. The van der Waals surface area contributed by atoms with Gasteiger partial charge >= 0.3 is 12.2 Å². The van der Waals surface area contributed by atoms with Crippen molar-refractivity contribution in [2.75, 3.05) is 26.3 Å². The Labute approximate surface area is 288 Å². The summed E-state index contributed by atoms with van der Waals surface area (Å²) in [4.78, 5) is 25.2. The quantitative estimate of drug-likeness (QED) is 0.159. The van der Waals surface area contributed by atoms with Crippen molar-refractivity contribution in [2.24, 2.45) is 11.3 Å². The van der Waals surface area contributed by atoms with E-state index < -0.39 is 12.2 Å². The Bertz CT molecular complexity index is 1650. The van der Waals surface area contributed by atoms with Crippen LogP contribution in [-0.4, -0.2) is 38.5 Å². The highest BCUT2D eigenvalue weighted by molar-refractivity contribution is 5.80. The molecule has 4 aromatic rings. The van der Waals surface area contributed by atoms with Gasteiger partial charge in [0.1, 0.15) is 13.2 Å². The standard InChI is InChI=1S/C39H42N2O4.C3H6.2H2/c1-26(23-41-38(43)45-25-36-33-18-10-6-14-29(33)30-15-7-11-19-34(30)36)22-39(2,3)20-21-40-37(42)44-24-35-31-16-8-4-12-27(31)28-13-5-9-17-32(28)35;1-3-2;;/h4-19,26,35-36H,20-25H2,1-3H3,(H,40,42)(H,41,43);3H,1H2,2H3;2*1H. The van der Waals surface area contributed by atoms with Crippen LogP contribution < -0.4 is 10.6 Å². The Hall–Kier alpha value is -4.84. The van der Waals surface area contributed by atoms with Crippen LogP contribution in [0.4, 0.5) is 9.59 Å². The van der Waals surface area contributed by atoms with E-state index in [0.29, 0.717) is 26.3 Å². The van der Waals surface area contributed by atoms with Gasteiger partial charge in [0.15, 0.2) is 0 Å². The Balaban J connectivity index is 0.00000131. The molecule has 0 saturated carbocycles. The number of benzene rings is 4. The smallest absolute Gasteiger partial charge is 0.407 e. The highest BCUT2D eigenvalue weighted by atomic mass is 16.6. The average molecular weight is 649 g/mol. The molecule has 0 heterocycles. The number of allylic oxidation sites excluding steroid dienone is 1. The van der Waals surface area contributed by atoms with Crippen LogP contribution in [0.25, 0.3) is 22.3 Å². The molecule has 4 aromatic carbocycles. The van der Waals surface area contributed by atoms with Crippen molar-refractivity contribution in [2.45, 2.75) is 52.4 Å². The molecule has 1 atom stereocenters. The molecule has 6 heteroatoms. The summed E-state index contributed by atoms with van der Waals surface area (Å²) in [6.45, 7) is 13.4. The van der Waals surface area contributed by atoms with Crippen molar-refractivity contribution in [3.05, 3.63) is 132 Å². The molecule has 6 nitrogen and oxygen atoms in total. The second-order valence-corrected chi connectivity index (χ2v) is 13.6. The summed E-state index contributed by atoms with van der Waals surface area (Å²) < 4.78 is 11.4. The van der Waals surface area contributed by atoms with Crippen LogP contribution in [0.5, 0.6) is 0 Å². The van der Waals surface area contributed by atoms with Crippen LogP contribution in [0.1, 0.15) is 77.5 Å². The lowest BCUT2D eigenvalue weighted by molar-refractivity contribution is 0.137. The first kappa shape index (κ1) is 34.5. The number of nitrogens with one attached hydrogen (secondary N) is 2. The van der Waals surface area contributed by atoms with Crippen molar-refractivity contribution >= 4 is 12.2 Å². The lowest BCUT2D eigenvalue weighted by Crippen LogP contribution is -2.33. The molecule has 0 aliphatic heterocycles. The van der Waals surface area contributed by atoms with Gasteiger partial charge in [-0.1, -0.05) is 124 Å². The minimum atomic E-state index is -0.391. The van der Waals surface area contributed by atoms with E-state index in [9.17, 15) is 9.59 Å². The Kier molecular flexibility index (Phi) is 11.4. The van der Waals surface area contributed by atoms with Gasteiger partial charge in [0, 0.05) is 27.8 Å². The van der Waals surface area contributed by atoms with Crippen molar-refractivity contribution in [3.63, 3.8) is 0 Å². The van der Waals surface area contributed by atoms with Crippen LogP contribution in [-0.2, 0) is 9.47 Å². The maximum absolute atomic E-state index is 12.6. The Morgan fingerprint density at radius 3 is 1.48 bits per heavy atom. The van der Waals surface area contributed by atoms with Crippen LogP contribution in [0.3, 0.4) is 0 Å². The molecule has 2 N–H and O–H groups in total. The Morgan fingerprint density at radius 2 is 1.08 bits per heavy atom. The van der Waals surface area contributed by atoms with Gasteiger partial charge in [-0.05, 0) is 75.6 Å². The van der Waals surface area contributed by atoms with Crippen LogP contribution >= 0.6 is 0 Å². The van der Waals surface area contributed by atoms with E-state index in [1.165, 1.54) is 44.5 Å². The summed E-state index contributed by atoms with van der Waals surface area (Å²) in [5, 5.41) is 5.90. The predicted molar refractivity (Wildman–Crippen MR) is 198 cm³/mol. The summed E-state index contributed by atoms with van der Waals surface area (Å²) >= 11 is 0. The highest BCUT2D eigenvalue weighted by Crippen LogP contribution is 2.45. The average Bonchev–Trinajstić information content (AvgIpc) is 3.58. The predicted octanol–water partition coefficient (Wildman–Crippen LogP) is 10.2. The SMILES string of the molecule is C=CC.CC(CNC(=O)OCC1c2ccccc2-c2ccccc21)CC(C)(C)CCNC(=O)OCC1c2ccccc2-c2ccccc21.[HH].[HH]. The van der Waals surface area contributed by atoms with Crippen molar-refractivity contribution in [1.29, 1.82) is 0 Å². The second-order valence-electron chi connectivity index (χ2n) is 13.6. The van der Waals surface area contributed by atoms with Crippen molar-refractivity contribution in [3.8, 4) is 22.3 Å². The highest BCUT2D eigenvalue weighted by Gasteiger charge is 2.30. The molecule has 1 unspecified atom stereocenters. The number of alkyl carbamates (subject to hydrolysis) is 2. The number of hydrogen-bond donors (Lipinski definition) is 2. The maximum atomic E-state index is 12.6. The monoisotopic (exact) mass is 648 g/mol. The van der Waals surface area contributed by atoms with E-state index in [1.54, 1.807) is 6.08 Å². The molecule has 0 aromatic heterocycles. The number of amides is 2. The normalized spacial score (nSPS) is 13.5. The van der Waals surface area contributed by atoms with Gasteiger partial charge < -0.3 is 20.1 Å². The molecule has 0 bridgehead atoms. The number of fused-ring (bicyclic) bond motifs is 6. The van der Waals surface area contributed by atoms with E-state index in [4.69, 9.17) is 9.47 Å². The fourth-order valence-electron chi connectivity index (χ4n) is 7.18. The van der Waals surface area contributed by atoms with E-state index >= 15 is 0 Å². The first-order valence-electron chi connectivity index (χ1n) is 17.0. The molecule has 2 aliphatic carbocycles. The summed E-state index contributed by atoms with van der Waals surface area (Å²) in [5.41, 5.74) is 9.64. The first-order chi connectivity index (χ1) is 23.2. The molecular formula is C42H52N2O4. The summed E-state index contributed by atoms with van der Waals surface area (Å²) in [6.07, 6.45) is 2.66. The molecule has 0 spiro atoms. The topological polar surface area (TPSA) is 76.7 Å². The van der Waals surface area contributed by atoms with Gasteiger partial charge in [0.2, 0.25) is 0 Å². The minimum absolute atomic E-state index is 0. The van der Waals surface area contributed by atoms with Crippen LogP contribution in [0, 0.1) is 11.3 Å². The summed E-state index contributed by atoms with van der Waals surface area (Å²) in [7, 11) is 0. The van der Waals surface area contributed by atoms with Crippen molar-refractivity contribution < 1.29 is 21.9 Å². The van der Waals surface area contributed by atoms with Gasteiger partial charge in [-0.3, -0.25) is 0 Å². The van der Waals surface area contributed by atoms with Crippen LogP contribution in [0.2, 0.25) is 0 Å². The zero-order valence-electron chi connectivity index (χ0n) is 28.6. The molecular weight excluding hydrogens is 596 g/mol. The second kappa shape index (κ2) is 15.8. The minimum Gasteiger partial charge on any atom is -0.449 e. The molecule has 2 aliphatic rings. The number of carbonyl (C=O) groups is 2. The molecule has 2 amide bonds. The largest absolute Gasteiger partial charge is 0.449 e. The molecule has 0 saturated heterocycles.